The van der Waals surface area contributed by atoms with Gasteiger partial charge >= 0.3 is 0 Å². The zero-order valence-electron chi connectivity index (χ0n) is 11.5. The number of furan rings is 1. The lowest BCUT2D eigenvalue weighted by Gasteiger charge is -2.25. The minimum Gasteiger partial charge on any atom is -0.472 e. The Labute approximate surface area is 117 Å². The molecule has 1 aromatic heterocycles. The molecule has 0 bridgehead atoms. The van der Waals surface area contributed by atoms with Gasteiger partial charge in [0.05, 0.1) is 17.9 Å². The number of hydrogen-bond acceptors (Lipinski definition) is 3. The summed E-state index contributed by atoms with van der Waals surface area (Å²) < 4.78 is 18.2. The van der Waals surface area contributed by atoms with Gasteiger partial charge in [-0.05, 0) is 37.9 Å². The van der Waals surface area contributed by atoms with Crippen molar-refractivity contribution in [2.45, 2.75) is 6.04 Å². The van der Waals surface area contributed by atoms with Gasteiger partial charge in [-0.3, -0.25) is 4.79 Å². The minimum absolute atomic E-state index is 0.0958. The topological polar surface area (TPSA) is 45.5 Å². The summed E-state index contributed by atoms with van der Waals surface area (Å²) in [4.78, 5) is 13.8. The Kier molecular flexibility index (Phi) is 4.53. The van der Waals surface area contributed by atoms with E-state index < -0.39 is 0 Å². The number of nitrogens with one attached hydrogen (secondary N) is 1. The Morgan fingerprint density at radius 1 is 1.40 bits per heavy atom. The van der Waals surface area contributed by atoms with E-state index in [4.69, 9.17) is 4.42 Å². The lowest BCUT2D eigenvalue weighted by atomic mass is 10.1. The third kappa shape index (κ3) is 3.45. The van der Waals surface area contributed by atoms with Crippen LogP contribution in [0.3, 0.4) is 0 Å². The fraction of sp³-hybridized carbons (Fsp3) is 0.267. The molecule has 1 atom stereocenters. The van der Waals surface area contributed by atoms with E-state index >= 15 is 0 Å². The molecule has 0 unspecified atom stereocenters. The highest BCUT2D eigenvalue weighted by atomic mass is 19.1. The summed E-state index contributed by atoms with van der Waals surface area (Å²) in [5.74, 6) is -0.488. The van der Waals surface area contributed by atoms with Crippen molar-refractivity contribution in [2.75, 3.05) is 20.6 Å². The second-order valence-corrected chi connectivity index (χ2v) is 4.76. The van der Waals surface area contributed by atoms with E-state index in [1.807, 2.05) is 25.1 Å². The van der Waals surface area contributed by atoms with Crippen molar-refractivity contribution in [1.82, 2.24) is 10.2 Å². The average molecular weight is 276 g/mol. The molecule has 0 saturated carbocycles. The summed E-state index contributed by atoms with van der Waals surface area (Å²) in [5.41, 5.74) is 1.30. The van der Waals surface area contributed by atoms with Gasteiger partial charge in [-0.2, -0.15) is 0 Å². The Hall–Kier alpha value is -2.14. The van der Waals surface area contributed by atoms with Gasteiger partial charge in [0.2, 0.25) is 0 Å². The van der Waals surface area contributed by atoms with Gasteiger partial charge < -0.3 is 14.6 Å². The summed E-state index contributed by atoms with van der Waals surface area (Å²) in [6.45, 7) is 0.389. The van der Waals surface area contributed by atoms with E-state index in [1.54, 1.807) is 12.1 Å². The van der Waals surface area contributed by atoms with E-state index in [0.29, 0.717) is 12.1 Å². The summed E-state index contributed by atoms with van der Waals surface area (Å²) in [6, 6.07) is 7.90. The molecular weight excluding hydrogens is 259 g/mol. The molecule has 1 N–H and O–H groups in total. The maximum absolute atomic E-state index is 13.3. The van der Waals surface area contributed by atoms with Crippen LogP contribution in [-0.2, 0) is 0 Å². The van der Waals surface area contributed by atoms with E-state index in [-0.39, 0.29) is 17.8 Å². The summed E-state index contributed by atoms with van der Waals surface area (Å²) in [6.07, 6.45) is 2.84. The van der Waals surface area contributed by atoms with Crippen molar-refractivity contribution < 1.29 is 13.6 Å². The molecule has 0 radical (unpaired) electrons. The predicted octanol–water partition coefficient (Wildman–Crippen LogP) is 2.45. The van der Waals surface area contributed by atoms with Crippen LogP contribution in [0.25, 0.3) is 0 Å². The number of benzene rings is 1. The molecule has 2 rings (SSSR count). The highest BCUT2D eigenvalue weighted by Crippen LogP contribution is 2.18. The van der Waals surface area contributed by atoms with Gasteiger partial charge in [-0.15, -0.1) is 0 Å². The highest BCUT2D eigenvalue weighted by molar-refractivity contribution is 5.93. The molecule has 1 aromatic carbocycles. The van der Waals surface area contributed by atoms with Crippen molar-refractivity contribution in [3.8, 4) is 0 Å². The summed E-state index contributed by atoms with van der Waals surface area (Å²) >= 11 is 0. The molecule has 20 heavy (non-hydrogen) atoms. The molecule has 0 fully saturated rings. The summed E-state index contributed by atoms with van der Waals surface area (Å²) in [7, 11) is 3.78. The van der Waals surface area contributed by atoms with Crippen LogP contribution in [-0.4, -0.2) is 31.4 Å². The molecule has 0 aliphatic rings. The largest absolute Gasteiger partial charge is 0.472 e. The molecule has 2 aromatic rings. The normalized spacial score (nSPS) is 12.4. The number of amides is 1. The highest BCUT2D eigenvalue weighted by Gasteiger charge is 2.16. The van der Waals surface area contributed by atoms with Gasteiger partial charge in [-0.25, -0.2) is 4.39 Å². The second kappa shape index (κ2) is 6.34. The number of hydrogen-bond donors (Lipinski definition) is 1. The molecule has 0 aliphatic heterocycles. The van der Waals surface area contributed by atoms with E-state index in [2.05, 4.69) is 5.32 Å². The smallest absolute Gasteiger partial charge is 0.254 e. The molecule has 0 aliphatic carbocycles. The van der Waals surface area contributed by atoms with E-state index in [0.717, 1.165) is 5.56 Å². The predicted molar refractivity (Wildman–Crippen MR) is 73.9 cm³/mol. The van der Waals surface area contributed by atoms with Crippen molar-refractivity contribution in [1.29, 1.82) is 0 Å². The number of carbonyl (C=O) groups excluding carboxylic acids is 1. The number of likely N-dealkylation sites (N-methyl/N-ethyl adjacent to an activating group) is 1. The van der Waals surface area contributed by atoms with Crippen molar-refractivity contribution in [3.63, 3.8) is 0 Å². The first-order valence-corrected chi connectivity index (χ1v) is 6.30. The van der Waals surface area contributed by atoms with Gasteiger partial charge in [-0.1, -0.05) is 12.1 Å². The summed E-state index contributed by atoms with van der Waals surface area (Å²) in [5, 5.41) is 2.82. The maximum atomic E-state index is 13.3. The number of nitrogens with zero attached hydrogens (tertiary/aromatic N) is 1. The van der Waals surface area contributed by atoms with Crippen LogP contribution in [0.4, 0.5) is 4.39 Å². The van der Waals surface area contributed by atoms with E-state index in [1.165, 1.54) is 24.7 Å². The van der Waals surface area contributed by atoms with Gasteiger partial charge in [0, 0.05) is 6.54 Å². The first-order valence-electron chi connectivity index (χ1n) is 6.30. The molecular formula is C15H17FN2O2. The Bertz CT molecular complexity index is 567. The van der Waals surface area contributed by atoms with Gasteiger partial charge in [0.25, 0.3) is 5.91 Å². The van der Waals surface area contributed by atoms with Crippen LogP contribution < -0.4 is 5.32 Å². The Morgan fingerprint density at radius 2 is 2.20 bits per heavy atom. The molecule has 106 valence electrons. The third-order valence-electron chi connectivity index (χ3n) is 3.10. The Balaban J connectivity index is 2.05. The van der Waals surface area contributed by atoms with Crippen LogP contribution in [0.1, 0.15) is 22.0 Å². The average Bonchev–Trinajstić information content (AvgIpc) is 2.92. The third-order valence-corrected chi connectivity index (χ3v) is 3.10. The monoisotopic (exact) mass is 276 g/mol. The molecule has 1 heterocycles. The number of rotatable bonds is 5. The zero-order chi connectivity index (χ0) is 14.5. The Morgan fingerprint density at radius 3 is 2.80 bits per heavy atom. The van der Waals surface area contributed by atoms with Gasteiger partial charge in [0.1, 0.15) is 12.1 Å². The minimum atomic E-state index is -0.282. The van der Waals surface area contributed by atoms with Crippen LogP contribution >= 0.6 is 0 Å². The number of halogens is 1. The van der Waals surface area contributed by atoms with Crippen LogP contribution in [0.15, 0.2) is 47.3 Å². The molecule has 0 saturated heterocycles. The molecule has 0 spiro atoms. The van der Waals surface area contributed by atoms with Crippen LogP contribution in [0, 0.1) is 5.82 Å². The first-order chi connectivity index (χ1) is 9.58. The van der Waals surface area contributed by atoms with Crippen molar-refractivity contribution >= 4 is 5.91 Å². The number of carbonyl (C=O) groups is 1. The van der Waals surface area contributed by atoms with Crippen molar-refractivity contribution in [2.24, 2.45) is 0 Å². The maximum Gasteiger partial charge on any atom is 0.254 e. The van der Waals surface area contributed by atoms with Crippen LogP contribution in [0.5, 0.6) is 0 Å². The standard InChI is InChI=1S/C15H17FN2O2/c1-18(2)14(11-4-3-5-13(16)8-11)9-17-15(19)12-6-7-20-10-12/h3-8,10,14H,9H2,1-2H3,(H,17,19)/t14-/m0/s1. The zero-order valence-corrected chi connectivity index (χ0v) is 11.5. The lowest BCUT2D eigenvalue weighted by molar-refractivity contribution is 0.0941. The van der Waals surface area contributed by atoms with E-state index in [9.17, 15) is 9.18 Å². The molecule has 4 nitrogen and oxygen atoms in total. The lowest BCUT2D eigenvalue weighted by Crippen LogP contribution is -2.34. The van der Waals surface area contributed by atoms with Crippen LogP contribution in [0.2, 0.25) is 0 Å². The van der Waals surface area contributed by atoms with Gasteiger partial charge in [0.15, 0.2) is 0 Å². The first kappa shape index (κ1) is 14.3. The molecule has 1 amide bonds. The fourth-order valence-electron chi connectivity index (χ4n) is 2.00. The molecule has 5 heteroatoms. The SMILES string of the molecule is CN(C)[C@@H](CNC(=O)c1ccoc1)c1cccc(F)c1. The second-order valence-electron chi connectivity index (χ2n) is 4.76. The fourth-order valence-corrected chi connectivity index (χ4v) is 2.00. The quantitative estimate of drug-likeness (QED) is 0.912. The van der Waals surface area contributed by atoms with Crippen molar-refractivity contribution in [3.05, 3.63) is 59.8 Å².